The summed E-state index contributed by atoms with van der Waals surface area (Å²) in [5.41, 5.74) is 0.682. The van der Waals surface area contributed by atoms with E-state index in [1.807, 2.05) is 49.3 Å². The molecule has 0 unspecified atom stereocenters. The Morgan fingerprint density at radius 3 is 2.57 bits per heavy atom. The minimum Gasteiger partial charge on any atom is -0.491 e. The number of benzene rings is 2. The molecule has 3 rings (SSSR count). The van der Waals surface area contributed by atoms with Gasteiger partial charge in [0, 0.05) is 13.1 Å². The zero-order valence-electron chi connectivity index (χ0n) is 16.2. The van der Waals surface area contributed by atoms with Gasteiger partial charge in [-0.05, 0) is 31.8 Å². The molecule has 5 nitrogen and oxygen atoms in total. The van der Waals surface area contributed by atoms with Gasteiger partial charge in [0.15, 0.2) is 17.4 Å². The number of hydrogen-bond acceptors (Lipinski definition) is 4. The van der Waals surface area contributed by atoms with Crippen molar-refractivity contribution in [1.29, 1.82) is 0 Å². The normalized spacial score (nSPS) is 19.7. The number of rotatable bonds is 5. The second-order valence-electron chi connectivity index (χ2n) is 6.97. The van der Waals surface area contributed by atoms with Crippen LogP contribution in [0.5, 0.6) is 5.75 Å². The van der Waals surface area contributed by atoms with Crippen molar-refractivity contribution in [3.63, 3.8) is 0 Å². The molecule has 0 bridgehead atoms. The Morgan fingerprint density at radius 2 is 1.93 bits per heavy atom. The number of carbonyl (C=O) groups is 1. The predicted octanol–water partition coefficient (Wildman–Crippen LogP) is 3.12. The van der Waals surface area contributed by atoms with Crippen LogP contribution in [0.15, 0.2) is 42.5 Å². The quantitative estimate of drug-likeness (QED) is 0.787. The zero-order valence-corrected chi connectivity index (χ0v) is 16.2. The molecule has 0 aromatic heterocycles. The predicted molar refractivity (Wildman–Crippen MR) is 101 cm³/mol. The Kier molecular flexibility index (Phi) is 6.26. The number of amides is 1. The Balaban J connectivity index is 2.01. The third-order valence-corrected chi connectivity index (χ3v) is 4.78. The molecule has 0 spiro atoms. The van der Waals surface area contributed by atoms with Crippen molar-refractivity contribution in [2.45, 2.75) is 12.1 Å². The zero-order chi connectivity index (χ0) is 20.3. The van der Waals surface area contributed by atoms with Crippen LogP contribution in [0, 0.1) is 11.6 Å². The molecular weight excluding hydrogens is 366 g/mol. The van der Waals surface area contributed by atoms with E-state index >= 15 is 0 Å². The average Bonchev–Trinajstić information content (AvgIpc) is 2.68. The molecule has 1 saturated heterocycles. The van der Waals surface area contributed by atoms with Gasteiger partial charge in [0.2, 0.25) is 0 Å². The van der Waals surface area contributed by atoms with E-state index in [9.17, 15) is 13.6 Å². The summed E-state index contributed by atoms with van der Waals surface area (Å²) in [7, 11) is 5.03. The van der Waals surface area contributed by atoms with E-state index in [0.29, 0.717) is 19.7 Å². The van der Waals surface area contributed by atoms with Gasteiger partial charge < -0.3 is 19.3 Å². The molecule has 2 aromatic carbocycles. The number of carbonyl (C=O) groups excluding carboxylic acids is 1. The lowest BCUT2D eigenvalue weighted by Crippen LogP contribution is -2.51. The van der Waals surface area contributed by atoms with Crippen molar-refractivity contribution in [3.8, 4) is 5.75 Å². The van der Waals surface area contributed by atoms with Gasteiger partial charge in [-0.3, -0.25) is 4.79 Å². The van der Waals surface area contributed by atoms with Crippen LogP contribution in [0.2, 0.25) is 0 Å². The maximum absolute atomic E-state index is 14.7. The van der Waals surface area contributed by atoms with Crippen molar-refractivity contribution in [2.24, 2.45) is 0 Å². The van der Waals surface area contributed by atoms with Crippen LogP contribution < -0.4 is 4.74 Å². The number of hydrogen-bond donors (Lipinski definition) is 0. The van der Waals surface area contributed by atoms with E-state index in [1.54, 1.807) is 4.90 Å². The van der Waals surface area contributed by atoms with Crippen molar-refractivity contribution in [3.05, 3.63) is 65.2 Å². The van der Waals surface area contributed by atoms with Gasteiger partial charge in [-0.15, -0.1) is 0 Å². The highest BCUT2D eigenvalue weighted by Gasteiger charge is 2.38. The van der Waals surface area contributed by atoms with Gasteiger partial charge in [-0.25, -0.2) is 8.78 Å². The highest BCUT2D eigenvalue weighted by Crippen LogP contribution is 2.33. The lowest BCUT2D eigenvalue weighted by atomic mass is 9.96. The lowest BCUT2D eigenvalue weighted by molar-refractivity contribution is -0.0685. The largest absolute Gasteiger partial charge is 0.491 e. The number of ether oxygens (including phenoxy) is 2. The Bertz CT molecular complexity index is 830. The topological polar surface area (TPSA) is 42.0 Å². The fourth-order valence-electron chi connectivity index (χ4n) is 3.56. The molecule has 0 N–H and O–H groups in total. The molecular formula is C21H24F2N2O3. The molecule has 1 fully saturated rings. The minimum atomic E-state index is -0.991. The van der Waals surface area contributed by atoms with E-state index in [4.69, 9.17) is 9.47 Å². The summed E-state index contributed by atoms with van der Waals surface area (Å²) in [5.74, 6) is -2.91. The van der Waals surface area contributed by atoms with Crippen LogP contribution in [0.1, 0.15) is 22.0 Å². The minimum absolute atomic E-state index is 0.218. The second kappa shape index (κ2) is 8.67. The highest BCUT2D eigenvalue weighted by atomic mass is 19.1. The fraction of sp³-hybridized carbons (Fsp3) is 0.381. The van der Waals surface area contributed by atoms with E-state index in [2.05, 4.69) is 0 Å². The number of methoxy groups -OCH3 is 1. The molecule has 150 valence electrons. The molecule has 0 radical (unpaired) electrons. The number of nitrogens with zero attached hydrogens (tertiary/aromatic N) is 2. The van der Waals surface area contributed by atoms with Crippen molar-refractivity contribution in [1.82, 2.24) is 9.80 Å². The summed E-state index contributed by atoms with van der Waals surface area (Å²) in [6.45, 7) is 1.24. The second-order valence-corrected chi connectivity index (χ2v) is 6.97. The van der Waals surface area contributed by atoms with Crippen molar-refractivity contribution >= 4 is 5.91 Å². The smallest absolute Gasteiger partial charge is 0.257 e. The molecule has 1 amide bonds. The van der Waals surface area contributed by atoms with E-state index in [-0.39, 0.29) is 17.7 Å². The van der Waals surface area contributed by atoms with Gasteiger partial charge in [0.1, 0.15) is 0 Å². The maximum atomic E-state index is 14.7. The monoisotopic (exact) mass is 390 g/mol. The van der Waals surface area contributed by atoms with Gasteiger partial charge in [0.05, 0.1) is 31.4 Å². The van der Waals surface area contributed by atoms with E-state index in [1.165, 1.54) is 7.11 Å². The summed E-state index contributed by atoms with van der Waals surface area (Å²) in [5, 5.41) is 0. The standard InChI is InChI=1S/C21H24F2N2O3/c1-24(2)13-17-19(14-7-5-4-6-8-14)25(11-12-28-17)21(26)15-9-10-16(22)20(27-3)18(15)23/h4-10,17,19H,11-13H2,1-3H3/t17-,19-/m0/s1. The van der Waals surface area contributed by atoms with Crippen LogP contribution in [-0.4, -0.2) is 62.7 Å². The summed E-state index contributed by atoms with van der Waals surface area (Å²) in [4.78, 5) is 16.8. The molecule has 0 saturated carbocycles. The summed E-state index contributed by atoms with van der Waals surface area (Å²) in [6, 6.07) is 11.3. The average molecular weight is 390 g/mol. The third-order valence-electron chi connectivity index (χ3n) is 4.78. The first kappa shape index (κ1) is 20.2. The van der Waals surface area contributed by atoms with Gasteiger partial charge >= 0.3 is 0 Å². The van der Waals surface area contributed by atoms with Crippen LogP contribution in [0.4, 0.5) is 8.78 Å². The first-order chi connectivity index (χ1) is 13.4. The van der Waals surface area contributed by atoms with Gasteiger partial charge in [-0.2, -0.15) is 0 Å². The number of likely N-dealkylation sites (N-methyl/N-ethyl adjacent to an activating group) is 1. The summed E-state index contributed by atoms with van der Waals surface area (Å²) >= 11 is 0. The molecule has 7 heteroatoms. The molecule has 1 heterocycles. The summed E-state index contributed by atoms with van der Waals surface area (Å²) in [6.07, 6.45) is -0.277. The molecule has 2 atom stereocenters. The maximum Gasteiger partial charge on any atom is 0.257 e. The molecule has 1 aliphatic rings. The number of morpholine rings is 1. The highest BCUT2D eigenvalue weighted by molar-refractivity contribution is 5.95. The van der Waals surface area contributed by atoms with Crippen molar-refractivity contribution in [2.75, 3.05) is 40.9 Å². The SMILES string of the molecule is COc1c(F)ccc(C(=O)N2CCO[C@@H](CN(C)C)[C@@H]2c2ccccc2)c1F. The van der Waals surface area contributed by atoms with Crippen molar-refractivity contribution < 1.29 is 23.0 Å². The van der Waals surface area contributed by atoms with Crippen LogP contribution in [0.3, 0.4) is 0 Å². The van der Waals surface area contributed by atoms with E-state index < -0.39 is 23.3 Å². The lowest BCUT2D eigenvalue weighted by Gasteiger charge is -2.42. The Hall–Kier alpha value is -2.51. The number of halogens is 2. The Morgan fingerprint density at radius 1 is 1.21 bits per heavy atom. The third kappa shape index (κ3) is 4.00. The van der Waals surface area contributed by atoms with Crippen LogP contribution in [-0.2, 0) is 4.74 Å². The van der Waals surface area contributed by atoms with Crippen LogP contribution in [0.25, 0.3) is 0 Å². The Labute approximate surface area is 163 Å². The molecule has 0 aliphatic carbocycles. The fourth-order valence-corrected chi connectivity index (χ4v) is 3.56. The summed E-state index contributed by atoms with van der Waals surface area (Å²) < 4.78 is 39.2. The molecule has 2 aromatic rings. The molecule has 28 heavy (non-hydrogen) atoms. The van der Waals surface area contributed by atoms with Gasteiger partial charge in [0.25, 0.3) is 5.91 Å². The molecule has 1 aliphatic heterocycles. The first-order valence-electron chi connectivity index (χ1n) is 9.08. The van der Waals surface area contributed by atoms with Crippen LogP contribution >= 0.6 is 0 Å². The van der Waals surface area contributed by atoms with E-state index in [0.717, 1.165) is 17.7 Å². The first-order valence-corrected chi connectivity index (χ1v) is 9.08. The van der Waals surface area contributed by atoms with Gasteiger partial charge in [-0.1, -0.05) is 30.3 Å².